The third-order valence-electron chi connectivity index (χ3n) is 10.8. The van der Waals surface area contributed by atoms with Crippen LogP contribution in [0.25, 0.3) is 66.1 Å². The first-order valence-corrected chi connectivity index (χ1v) is 17.7. The van der Waals surface area contributed by atoms with Gasteiger partial charge in [0, 0.05) is 27.6 Å². The number of hydrogen-bond acceptors (Lipinski definition) is 2. The van der Waals surface area contributed by atoms with Gasteiger partial charge in [-0.15, -0.1) is 0 Å². The molecule has 1 aliphatic carbocycles. The van der Waals surface area contributed by atoms with Crippen LogP contribution in [-0.4, -0.2) is 0 Å². The lowest BCUT2D eigenvalue weighted by Gasteiger charge is -2.28. The Hall–Kier alpha value is -6.38. The Bertz CT molecular complexity index is 2770. The molecule has 1 aromatic heterocycles. The topological polar surface area (TPSA) is 16.4 Å². The molecule has 0 saturated carbocycles. The highest BCUT2D eigenvalue weighted by atomic mass is 16.3. The average Bonchev–Trinajstić information content (AvgIpc) is 3.67. The molecule has 2 heteroatoms. The van der Waals surface area contributed by atoms with E-state index in [9.17, 15) is 0 Å². The fourth-order valence-corrected chi connectivity index (χ4v) is 8.20. The number of benzene rings is 8. The SMILES string of the molecule is CC1(C)c2ccccc2-c2ccc(N(c3ccc(-c4ccc5ccccc5c4)cc3)c3cc(-c4ccccc4)cc4c3oc3ccccc34)cc21. The fraction of sp³-hybridized carbons (Fsp3) is 0.0612. The summed E-state index contributed by atoms with van der Waals surface area (Å²) < 4.78 is 6.77. The van der Waals surface area contributed by atoms with E-state index in [2.05, 4.69) is 189 Å². The van der Waals surface area contributed by atoms with Gasteiger partial charge in [0.1, 0.15) is 5.58 Å². The summed E-state index contributed by atoms with van der Waals surface area (Å²) in [5.41, 5.74) is 14.8. The van der Waals surface area contributed by atoms with Crippen molar-refractivity contribution in [1.82, 2.24) is 0 Å². The molecule has 0 radical (unpaired) electrons. The van der Waals surface area contributed by atoms with Gasteiger partial charge in [-0.05, 0) is 104 Å². The molecule has 0 aliphatic heterocycles. The fourth-order valence-electron chi connectivity index (χ4n) is 8.20. The minimum atomic E-state index is -0.131. The standard InChI is InChI=1S/C49H35NO/c1-49(2)44-18-10-8-16-40(44)41-27-26-39(31-45(41)49)50(38-24-22-34(23-25-38)36-21-20-33-14-6-7-15-35(33)28-36)46-30-37(32-12-4-3-5-13-32)29-43-42-17-9-11-19-47(42)51-48(43)46/h3-31H,1-2H3. The Morgan fingerprint density at radius 2 is 1.10 bits per heavy atom. The molecule has 0 N–H and O–H groups in total. The number of furan rings is 1. The van der Waals surface area contributed by atoms with E-state index in [-0.39, 0.29) is 5.41 Å². The first kappa shape index (κ1) is 29.5. The molecule has 0 bridgehead atoms. The van der Waals surface area contributed by atoms with E-state index in [1.807, 2.05) is 6.07 Å². The van der Waals surface area contributed by atoms with Crippen LogP contribution in [-0.2, 0) is 5.41 Å². The molecule has 9 aromatic rings. The summed E-state index contributed by atoms with van der Waals surface area (Å²) >= 11 is 0. The van der Waals surface area contributed by atoms with Crippen LogP contribution < -0.4 is 4.90 Å². The Morgan fingerprint density at radius 1 is 0.431 bits per heavy atom. The predicted molar refractivity (Wildman–Crippen MR) is 214 cm³/mol. The van der Waals surface area contributed by atoms with E-state index in [0.29, 0.717) is 0 Å². The molecule has 0 saturated heterocycles. The maximum Gasteiger partial charge on any atom is 0.159 e. The Labute approximate surface area is 297 Å². The van der Waals surface area contributed by atoms with E-state index in [0.717, 1.165) is 44.6 Å². The van der Waals surface area contributed by atoms with Crippen molar-refractivity contribution in [3.8, 4) is 33.4 Å². The summed E-state index contributed by atoms with van der Waals surface area (Å²) in [5.74, 6) is 0. The van der Waals surface area contributed by atoms with Gasteiger partial charge in [0.05, 0.1) is 5.69 Å². The molecule has 0 fully saturated rings. The molecule has 0 spiro atoms. The van der Waals surface area contributed by atoms with E-state index in [1.54, 1.807) is 0 Å². The van der Waals surface area contributed by atoms with Crippen molar-refractivity contribution in [2.45, 2.75) is 19.3 Å². The van der Waals surface area contributed by atoms with Gasteiger partial charge < -0.3 is 9.32 Å². The molecule has 0 amide bonds. The molecule has 2 nitrogen and oxygen atoms in total. The second kappa shape index (κ2) is 11.3. The summed E-state index contributed by atoms with van der Waals surface area (Å²) in [6.45, 7) is 4.69. The lowest BCUT2D eigenvalue weighted by Crippen LogP contribution is -2.16. The van der Waals surface area contributed by atoms with E-state index in [1.165, 1.54) is 49.7 Å². The zero-order valence-corrected chi connectivity index (χ0v) is 28.6. The van der Waals surface area contributed by atoms with Crippen LogP contribution in [0.4, 0.5) is 17.1 Å². The molecule has 10 rings (SSSR count). The number of rotatable bonds is 5. The van der Waals surface area contributed by atoms with Gasteiger partial charge in [-0.25, -0.2) is 0 Å². The molecular weight excluding hydrogens is 619 g/mol. The van der Waals surface area contributed by atoms with Crippen molar-refractivity contribution >= 4 is 49.8 Å². The van der Waals surface area contributed by atoms with Gasteiger partial charge in [0.25, 0.3) is 0 Å². The molecule has 51 heavy (non-hydrogen) atoms. The van der Waals surface area contributed by atoms with Crippen molar-refractivity contribution in [3.63, 3.8) is 0 Å². The van der Waals surface area contributed by atoms with Crippen molar-refractivity contribution in [2.24, 2.45) is 0 Å². The third-order valence-corrected chi connectivity index (χ3v) is 10.8. The van der Waals surface area contributed by atoms with Gasteiger partial charge in [0.15, 0.2) is 5.58 Å². The monoisotopic (exact) mass is 653 g/mol. The van der Waals surface area contributed by atoms with Crippen molar-refractivity contribution in [2.75, 3.05) is 4.90 Å². The zero-order chi connectivity index (χ0) is 34.1. The summed E-state index contributed by atoms with van der Waals surface area (Å²) in [6.07, 6.45) is 0. The lowest BCUT2D eigenvalue weighted by atomic mass is 9.82. The lowest BCUT2D eigenvalue weighted by molar-refractivity contribution is 0.660. The van der Waals surface area contributed by atoms with Crippen LogP contribution in [0.2, 0.25) is 0 Å². The quantitative estimate of drug-likeness (QED) is 0.184. The Morgan fingerprint density at radius 3 is 1.96 bits per heavy atom. The minimum absolute atomic E-state index is 0.131. The van der Waals surface area contributed by atoms with E-state index in [4.69, 9.17) is 4.42 Å². The molecule has 1 heterocycles. The van der Waals surface area contributed by atoms with Crippen molar-refractivity contribution in [3.05, 3.63) is 187 Å². The highest BCUT2D eigenvalue weighted by Crippen LogP contribution is 2.52. The van der Waals surface area contributed by atoms with Crippen LogP contribution in [0.15, 0.2) is 180 Å². The van der Waals surface area contributed by atoms with Gasteiger partial charge in [-0.3, -0.25) is 0 Å². The minimum Gasteiger partial charge on any atom is -0.454 e. The maximum absolute atomic E-state index is 6.77. The average molecular weight is 654 g/mol. The maximum atomic E-state index is 6.77. The first-order valence-electron chi connectivity index (χ1n) is 17.7. The largest absolute Gasteiger partial charge is 0.454 e. The molecule has 0 atom stereocenters. The van der Waals surface area contributed by atoms with Crippen LogP contribution in [0.1, 0.15) is 25.0 Å². The number of para-hydroxylation sites is 1. The Kier molecular flexibility index (Phi) is 6.56. The third kappa shape index (κ3) is 4.71. The highest BCUT2D eigenvalue weighted by Gasteiger charge is 2.36. The summed E-state index contributed by atoms with van der Waals surface area (Å²) in [4.78, 5) is 2.39. The number of nitrogens with zero attached hydrogens (tertiary/aromatic N) is 1. The van der Waals surface area contributed by atoms with Crippen molar-refractivity contribution in [1.29, 1.82) is 0 Å². The number of hydrogen-bond donors (Lipinski definition) is 0. The van der Waals surface area contributed by atoms with Gasteiger partial charge in [0.2, 0.25) is 0 Å². The normalized spacial score (nSPS) is 13.1. The van der Waals surface area contributed by atoms with Crippen LogP contribution >= 0.6 is 0 Å². The molecule has 0 unspecified atom stereocenters. The highest BCUT2D eigenvalue weighted by molar-refractivity contribution is 6.12. The van der Waals surface area contributed by atoms with Gasteiger partial charge in [-0.1, -0.05) is 141 Å². The van der Waals surface area contributed by atoms with Crippen LogP contribution in [0.5, 0.6) is 0 Å². The van der Waals surface area contributed by atoms with E-state index < -0.39 is 0 Å². The summed E-state index contributed by atoms with van der Waals surface area (Å²) in [7, 11) is 0. The number of anilines is 3. The predicted octanol–water partition coefficient (Wildman–Crippen LogP) is 13.8. The van der Waals surface area contributed by atoms with Crippen LogP contribution in [0.3, 0.4) is 0 Å². The summed E-state index contributed by atoms with van der Waals surface area (Å²) in [6, 6.07) is 63.7. The molecule has 242 valence electrons. The second-order valence-corrected chi connectivity index (χ2v) is 14.2. The van der Waals surface area contributed by atoms with E-state index >= 15 is 0 Å². The molecule has 1 aliphatic rings. The van der Waals surface area contributed by atoms with Crippen molar-refractivity contribution < 1.29 is 4.42 Å². The smallest absolute Gasteiger partial charge is 0.159 e. The summed E-state index contributed by atoms with van der Waals surface area (Å²) in [5, 5.41) is 4.71. The second-order valence-electron chi connectivity index (χ2n) is 14.2. The van der Waals surface area contributed by atoms with Gasteiger partial charge >= 0.3 is 0 Å². The Balaban J connectivity index is 1.21. The van der Waals surface area contributed by atoms with Crippen LogP contribution in [0, 0.1) is 0 Å². The molecular formula is C49H35NO. The molecule has 8 aromatic carbocycles. The number of fused-ring (bicyclic) bond motifs is 7. The first-order chi connectivity index (χ1) is 25.0. The zero-order valence-electron chi connectivity index (χ0n) is 28.6. The van der Waals surface area contributed by atoms with Gasteiger partial charge in [-0.2, -0.15) is 0 Å².